The molecule has 0 saturated carbocycles. The molecule has 0 fully saturated rings. The Morgan fingerprint density at radius 3 is 2.75 bits per heavy atom. The van der Waals surface area contributed by atoms with E-state index >= 15 is 0 Å². The summed E-state index contributed by atoms with van der Waals surface area (Å²) in [5.74, 6) is -0.210. The number of pyridine rings is 1. The van der Waals surface area contributed by atoms with Crippen LogP contribution in [0.4, 0.5) is 0 Å². The number of carbonyl (C=O) groups is 1. The van der Waals surface area contributed by atoms with Crippen molar-refractivity contribution in [3.63, 3.8) is 0 Å². The number of carbonyl (C=O) groups excluding carboxylic acids is 1. The normalized spacial score (nSPS) is 10.9. The van der Waals surface area contributed by atoms with E-state index in [1.165, 1.54) is 25.6 Å². The van der Waals surface area contributed by atoms with Crippen LogP contribution in [0.25, 0.3) is 0 Å². The number of nitrogens with zero attached hydrogens (tertiary/aromatic N) is 1. The lowest BCUT2D eigenvalue weighted by Crippen LogP contribution is -2.07. The van der Waals surface area contributed by atoms with Gasteiger partial charge in [0.2, 0.25) is 0 Å². The van der Waals surface area contributed by atoms with Gasteiger partial charge in [0.25, 0.3) is 0 Å². The third-order valence-electron chi connectivity index (χ3n) is 1.72. The van der Waals surface area contributed by atoms with Crippen molar-refractivity contribution in [2.24, 2.45) is 0 Å². The molecule has 0 spiro atoms. The first-order chi connectivity index (χ1) is 7.44. The number of aromatic nitrogens is 1. The highest BCUT2D eigenvalue weighted by molar-refractivity contribution is 7.62. The SMILES string of the molecule is COC(=O)c1ccncc1OCP(C)(C)=O. The van der Waals surface area contributed by atoms with Gasteiger partial charge in [0.1, 0.15) is 19.1 Å². The van der Waals surface area contributed by atoms with E-state index in [9.17, 15) is 9.36 Å². The Morgan fingerprint density at radius 2 is 2.19 bits per heavy atom. The van der Waals surface area contributed by atoms with Crippen LogP contribution in [0.15, 0.2) is 18.5 Å². The van der Waals surface area contributed by atoms with E-state index in [0.717, 1.165) is 0 Å². The molecule has 88 valence electrons. The average Bonchev–Trinajstić information content (AvgIpc) is 2.25. The fourth-order valence-corrected chi connectivity index (χ4v) is 1.45. The van der Waals surface area contributed by atoms with Crippen molar-refractivity contribution in [1.82, 2.24) is 4.98 Å². The Bertz CT molecular complexity index is 427. The third kappa shape index (κ3) is 3.66. The molecule has 5 nitrogen and oxygen atoms in total. The molecule has 0 N–H and O–H groups in total. The quantitative estimate of drug-likeness (QED) is 0.596. The summed E-state index contributed by atoms with van der Waals surface area (Å²) in [5.41, 5.74) is 0.283. The first-order valence-corrected chi connectivity index (χ1v) is 7.42. The van der Waals surface area contributed by atoms with E-state index in [2.05, 4.69) is 9.72 Å². The van der Waals surface area contributed by atoms with Crippen LogP contribution in [0.2, 0.25) is 0 Å². The number of hydrogen-bond donors (Lipinski definition) is 0. The number of esters is 1. The molecule has 0 aliphatic carbocycles. The average molecular weight is 243 g/mol. The first-order valence-electron chi connectivity index (χ1n) is 4.63. The van der Waals surface area contributed by atoms with Crippen molar-refractivity contribution >= 4 is 13.1 Å². The summed E-state index contributed by atoms with van der Waals surface area (Å²) in [5, 5.41) is 0. The minimum atomic E-state index is -2.29. The molecular weight excluding hydrogens is 229 g/mol. The van der Waals surface area contributed by atoms with Gasteiger partial charge in [-0.3, -0.25) is 4.98 Å². The number of methoxy groups -OCH3 is 1. The van der Waals surface area contributed by atoms with Crippen LogP contribution in [-0.2, 0) is 9.30 Å². The second-order valence-corrected chi connectivity index (χ2v) is 7.12. The second kappa shape index (κ2) is 5.12. The van der Waals surface area contributed by atoms with Crippen LogP contribution in [0.3, 0.4) is 0 Å². The maximum atomic E-state index is 11.5. The van der Waals surface area contributed by atoms with Crippen molar-refractivity contribution in [3.05, 3.63) is 24.0 Å². The summed E-state index contributed by atoms with van der Waals surface area (Å²) >= 11 is 0. The highest BCUT2D eigenvalue weighted by Crippen LogP contribution is 2.36. The van der Waals surface area contributed by atoms with Gasteiger partial charge in [0.05, 0.1) is 13.3 Å². The number of hydrogen-bond acceptors (Lipinski definition) is 5. The Hall–Kier alpha value is -1.35. The Morgan fingerprint density at radius 1 is 1.50 bits per heavy atom. The molecule has 1 rings (SSSR count). The predicted molar refractivity (Wildman–Crippen MR) is 60.5 cm³/mol. The molecule has 0 saturated heterocycles. The summed E-state index contributed by atoms with van der Waals surface area (Å²) < 4.78 is 21.4. The lowest BCUT2D eigenvalue weighted by atomic mass is 10.2. The lowest BCUT2D eigenvalue weighted by Gasteiger charge is -2.11. The standard InChI is InChI=1S/C10H14NO4P/c1-14-10(12)8-4-5-11-6-9(8)15-7-16(2,3)13/h4-6H,7H2,1-3H3. The van der Waals surface area contributed by atoms with Crippen LogP contribution in [-0.4, -0.2) is 37.7 Å². The molecule has 0 radical (unpaired) electrons. The van der Waals surface area contributed by atoms with Gasteiger partial charge in [-0.2, -0.15) is 0 Å². The molecule has 0 aliphatic heterocycles. The van der Waals surface area contributed by atoms with Gasteiger partial charge in [0, 0.05) is 6.20 Å². The van der Waals surface area contributed by atoms with Crippen molar-refractivity contribution in [3.8, 4) is 5.75 Å². The zero-order chi connectivity index (χ0) is 12.2. The monoisotopic (exact) mass is 243 g/mol. The van der Waals surface area contributed by atoms with E-state index in [1.807, 2.05) is 0 Å². The van der Waals surface area contributed by atoms with Crippen LogP contribution < -0.4 is 4.74 Å². The van der Waals surface area contributed by atoms with E-state index in [1.54, 1.807) is 13.3 Å². The fourth-order valence-electron chi connectivity index (χ4n) is 0.999. The summed E-state index contributed by atoms with van der Waals surface area (Å²) in [7, 11) is -1.00. The van der Waals surface area contributed by atoms with Crippen LogP contribution in [0, 0.1) is 0 Å². The van der Waals surface area contributed by atoms with Crippen molar-refractivity contribution in [2.75, 3.05) is 26.8 Å². The summed E-state index contributed by atoms with van der Waals surface area (Å²) in [6.07, 6.45) is 2.95. The topological polar surface area (TPSA) is 65.5 Å². The van der Waals surface area contributed by atoms with Crippen LogP contribution in [0.5, 0.6) is 5.75 Å². The number of ether oxygens (including phenoxy) is 2. The zero-order valence-corrected chi connectivity index (χ0v) is 10.4. The maximum absolute atomic E-state index is 11.5. The molecule has 1 aromatic heterocycles. The molecule has 0 unspecified atom stereocenters. The smallest absolute Gasteiger partial charge is 0.341 e. The van der Waals surface area contributed by atoms with E-state index < -0.39 is 13.1 Å². The molecule has 6 heteroatoms. The summed E-state index contributed by atoms with van der Waals surface area (Å²) in [6.45, 7) is 3.22. The molecule has 0 aromatic carbocycles. The molecule has 1 heterocycles. The van der Waals surface area contributed by atoms with E-state index in [0.29, 0.717) is 5.75 Å². The van der Waals surface area contributed by atoms with Crippen molar-refractivity contribution < 1.29 is 18.8 Å². The van der Waals surface area contributed by atoms with Crippen LogP contribution >= 0.6 is 7.14 Å². The molecule has 16 heavy (non-hydrogen) atoms. The largest absolute Gasteiger partial charge is 0.483 e. The fraction of sp³-hybridized carbons (Fsp3) is 0.400. The third-order valence-corrected chi connectivity index (χ3v) is 2.47. The van der Waals surface area contributed by atoms with Gasteiger partial charge in [-0.25, -0.2) is 4.79 Å². The van der Waals surface area contributed by atoms with Gasteiger partial charge in [-0.15, -0.1) is 0 Å². The molecule has 1 aromatic rings. The first kappa shape index (κ1) is 12.7. The van der Waals surface area contributed by atoms with E-state index in [-0.39, 0.29) is 11.9 Å². The highest BCUT2D eigenvalue weighted by atomic mass is 31.2. The number of rotatable bonds is 4. The van der Waals surface area contributed by atoms with Crippen molar-refractivity contribution in [1.29, 1.82) is 0 Å². The van der Waals surface area contributed by atoms with Gasteiger partial charge in [-0.1, -0.05) is 0 Å². The van der Waals surface area contributed by atoms with E-state index in [4.69, 9.17) is 4.74 Å². The highest BCUT2D eigenvalue weighted by Gasteiger charge is 2.15. The minimum absolute atomic E-state index is 0.0721. The molecule has 0 aliphatic rings. The second-order valence-electron chi connectivity index (χ2n) is 3.71. The Balaban J connectivity index is 2.87. The lowest BCUT2D eigenvalue weighted by molar-refractivity contribution is 0.0596. The molecular formula is C10H14NO4P. The molecule has 0 bridgehead atoms. The molecule has 0 atom stereocenters. The van der Waals surface area contributed by atoms with Gasteiger partial charge >= 0.3 is 5.97 Å². The van der Waals surface area contributed by atoms with Crippen LogP contribution in [0.1, 0.15) is 10.4 Å². The Kier molecular flexibility index (Phi) is 4.07. The minimum Gasteiger partial charge on any atom is -0.483 e. The summed E-state index contributed by atoms with van der Waals surface area (Å²) in [6, 6.07) is 1.50. The Labute approximate surface area is 94.2 Å². The van der Waals surface area contributed by atoms with Gasteiger partial charge in [0.15, 0.2) is 5.75 Å². The predicted octanol–water partition coefficient (Wildman–Crippen LogP) is 1.83. The zero-order valence-electron chi connectivity index (χ0n) is 9.47. The maximum Gasteiger partial charge on any atom is 0.341 e. The molecule has 0 amide bonds. The van der Waals surface area contributed by atoms with Crippen molar-refractivity contribution in [2.45, 2.75) is 0 Å². The summed E-state index contributed by atoms with van der Waals surface area (Å²) in [4.78, 5) is 15.2. The van der Waals surface area contributed by atoms with Gasteiger partial charge in [-0.05, 0) is 19.4 Å². The van der Waals surface area contributed by atoms with Gasteiger partial charge < -0.3 is 14.0 Å².